The van der Waals surface area contributed by atoms with Gasteiger partial charge in [0.25, 0.3) is 10.0 Å². The molecule has 4 aromatic heterocycles. The number of thiophene rings is 1. The van der Waals surface area contributed by atoms with E-state index in [0.29, 0.717) is 22.3 Å². The molecule has 0 bridgehead atoms. The molecule has 32 heavy (non-hydrogen) atoms. The van der Waals surface area contributed by atoms with Gasteiger partial charge in [-0.25, -0.2) is 27.2 Å². The number of ether oxygens (including phenoxy) is 1. The molecule has 0 amide bonds. The van der Waals surface area contributed by atoms with Crippen LogP contribution in [0.2, 0.25) is 0 Å². The lowest BCUT2D eigenvalue weighted by molar-refractivity contribution is 0.0443. The zero-order valence-electron chi connectivity index (χ0n) is 18.0. The van der Waals surface area contributed by atoms with E-state index in [1.807, 2.05) is 31.4 Å². The van der Waals surface area contributed by atoms with Gasteiger partial charge in [0.15, 0.2) is 5.65 Å². The molecule has 0 unspecified atom stereocenters. The maximum atomic E-state index is 13.0. The summed E-state index contributed by atoms with van der Waals surface area (Å²) >= 11 is 1.52. The van der Waals surface area contributed by atoms with E-state index >= 15 is 0 Å². The van der Waals surface area contributed by atoms with E-state index in [-0.39, 0.29) is 23.5 Å². The van der Waals surface area contributed by atoms with Gasteiger partial charge in [-0.05, 0) is 43.5 Å². The van der Waals surface area contributed by atoms with E-state index < -0.39 is 16.0 Å². The van der Waals surface area contributed by atoms with Crippen LogP contribution in [0.3, 0.4) is 0 Å². The van der Waals surface area contributed by atoms with Crippen LogP contribution in [0.25, 0.3) is 21.6 Å². The average Bonchev–Trinajstić information content (AvgIpc) is 3.51. The Bertz CT molecular complexity index is 1370. The molecule has 168 valence electrons. The van der Waals surface area contributed by atoms with Crippen LogP contribution in [0.5, 0.6) is 0 Å². The van der Waals surface area contributed by atoms with Crippen LogP contribution < -0.4 is 0 Å². The van der Waals surface area contributed by atoms with E-state index in [1.165, 1.54) is 37.6 Å². The predicted molar refractivity (Wildman–Crippen MR) is 120 cm³/mol. The lowest BCUT2D eigenvalue weighted by Crippen LogP contribution is -2.21. The molecule has 0 spiro atoms. The molecule has 0 aromatic carbocycles. The van der Waals surface area contributed by atoms with Crippen LogP contribution >= 0.6 is 11.3 Å². The topological polar surface area (TPSA) is 108 Å². The fourth-order valence-electron chi connectivity index (χ4n) is 3.08. The van der Waals surface area contributed by atoms with Crippen molar-refractivity contribution in [3.05, 3.63) is 53.2 Å². The molecule has 4 rings (SSSR count). The van der Waals surface area contributed by atoms with Gasteiger partial charge in [0.05, 0.1) is 27.7 Å². The van der Waals surface area contributed by atoms with E-state index in [1.54, 1.807) is 16.9 Å². The van der Waals surface area contributed by atoms with Crippen molar-refractivity contribution in [3.63, 3.8) is 0 Å². The molecule has 0 N–H and O–H groups in total. The standard InChI is InChI=1S/C21H22N4O5S2/c1-13(2)25-20-16(11-22-25)15(10-17(23-20)18-6-5-9-31-18)21(26)29-12-14-7-8-19(30-14)32(27,28)24(3)4/h5-11,13H,12H2,1-4H3. The fourth-order valence-corrected chi connectivity index (χ4v) is 4.58. The van der Waals surface area contributed by atoms with Crippen LogP contribution in [0.1, 0.15) is 36.0 Å². The number of carbonyl (C=O) groups is 1. The number of hydrogen-bond donors (Lipinski definition) is 0. The summed E-state index contributed by atoms with van der Waals surface area (Å²) < 4.78 is 38.0. The van der Waals surface area contributed by atoms with Crippen molar-refractivity contribution >= 4 is 38.4 Å². The summed E-state index contributed by atoms with van der Waals surface area (Å²) in [6, 6.07) is 8.40. The summed E-state index contributed by atoms with van der Waals surface area (Å²) in [5.41, 5.74) is 1.58. The predicted octanol–water partition coefficient (Wildman–Crippen LogP) is 3.94. The molecule has 0 aliphatic rings. The normalized spacial score (nSPS) is 12.2. The second kappa shape index (κ2) is 8.49. The Balaban J connectivity index is 1.64. The van der Waals surface area contributed by atoms with Crippen LogP contribution in [0.4, 0.5) is 0 Å². The lowest BCUT2D eigenvalue weighted by atomic mass is 10.1. The van der Waals surface area contributed by atoms with Gasteiger partial charge in [0, 0.05) is 20.1 Å². The van der Waals surface area contributed by atoms with Crippen molar-refractivity contribution in [2.24, 2.45) is 0 Å². The molecule has 0 aliphatic carbocycles. The van der Waals surface area contributed by atoms with Crippen LogP contribution in [0, 0.1) is 0 Å². The summed E-state index contributed by atoms with van der Waals surface area (Å²) in [5, 5.41) is 6.70. The van der Waals surface area contributed by atoms with Gasteiger partial charge in [-0.15, -0.1) is 11.3 Å². The quantitative estimate of drug-likeness (QED) is 0.373. The highest BCUT2D eigenvalue weighted by molar-refractivity contribution is 7.88. The molecule has 9 nitrogen and oxygen atoms in total. The first-order chi connectivity index (χ1) is 15.2. The first-order valence-electron chi connectivity index (χ1n) is 9.79. The zero-order valence-corrected chi connectivity index (χ0v) is 19.6. The van der Waals surface area contributed by atoms with Gasteiger partial charge in [-0.2, -0.15) is 5.10 Å². The number of aromatic nitrogens is 3. The van der Waals surface area contributed by atoms with Gasteiger partial charge in [-0.3, -0.25) is 0 Å². The van der Waals surface area contributed by atoms with Crippen LogP contribution in [-0.4, -0.2) is 47.6 Å². The van der Waals surface area contributed by atoms with Crippen molar-refractivity contribution in [1.29, 1.82) is 0 Å². The molecule has 4 heterocycles. The Morgan fingerprint density at radius 2 is 2.06 bits per heavy atom. The molecule has 0 fully saturated rings. The molecule has 0 saturated heterocycles. The number of nitrogens with zero attached hydrogens (tertiary/aromatic N) is 4. The Morgan fingerprint density at radius 3 is 2.72 bits per heavy atom. The molecule has 0 saturated carbocycles. The molecule has 0 aliphatic heterocycles. The molecular weight excluding hydrogens is 452 g/mol. The van der Waals surface area contributed by atoms with Crippen LogP contribution in [0.15, 0.2) is 51.4 Å². The minimum atomic E-state index is -3.70. The second-order valence-corrected chi connectivity index (χ2v) is 10.6. The zero-order chi connectivity index (χ0) is 23.0. The SMILES string of the molecule is CC(C)n1ncc2c(C(=O)OCc3ccc(S(=O)(=O)N(C)C)o3)cc(-c3cccs3)nc21. The number of furan rings is 1. The number of fused-ring (bicyclic) bond motifs is 1. The highest BCUT2D eigenvalue weighted by atomic mass is 32.2. The van der Waals surface area contributed by atoms with Crippen LogP contribution in [-0.2, 0) is 21.4 Å². The minimum absolute atomic E-state index is 0.0580. The first-order valence-corrected chi connectivity index (χ1v) is 12.1. The largest absolute Gasteiger partial charge is 0.454 e. The van der Waals surface area contributed by atoms with E-state index in [0.717, 1.165) is 9.18 Å². The third-order valence-electron chi connectivity index (χ3n) is 4.77. The highest BCUT2D eigenvalue weighted by Crippen LogP contribution is 2.29. The molecule has 0 radical (unpaired) electrons. The van der Waals surface area contributed by atoms with Crippen molar-refractivity contribution < 1.29 is 22.4 Å². The van der Waals surface area contributed by atoms with Gasteiger partial charge in [-0.1, -0.05) is 6.07 Å². The Labute approximate surface area is 189 Å². The summed E-state index contributed by atoms with van der Waals surface area (Å²) in [4.78, 5) is 18.6. The average molecular weight is 475 g/mol. The summed E-state index contributed by atoms with van der Waals surface area (Å²) in [6.07, 6.45) is 1.60. The molecular formula is C21H22N4O5S2. The molecule has 11 heteroatoms. The number of rotatable bonds is 7. The van der Waals surface area contributed by atoms with E-state index in [9.17, 15) is 13.2 Å². The van der Waals surface area contributed by atoms with Crippen molar-refractivity contribution in [2.75, 3.05) is 14.1 Å². The minimum Gasteiger partial charge on any atom is -0.454 e. The van der Waals surface area contributed by atoms with Crippen molar-refractivity contribution in [2.45, 2.75) is 31.6 Å². The lowest BCUT2D eigenvalue weighted by Gasteiger charge is -2.10. The van der Waals surface area contributed by atoms with Gasteiger partial charge >= 0.3 is 5.97 Å². The Kier molecular flexibility index (Phi) is 5.89. The molecule has 0 atom stereocenters. The number of pyridine rings is 1. The number of esters is 1. The summed E-state index contributed by atoms with van der Waals surface area (Å²) in [7, 11) is -0.881. The van der Waals surface area contributed by atoms with E-state index in [4.69, 9.17) is 14.1 Å². The summed E-state index contributed by atoms with van der Waals surface area (Å²) in [5.74, 6) is -0.354. The summed E-state index contributed by atoms with van der Waals surface area (Å²) in [6.45, 7) is 3.76. The Hall–Kier alpha value is -3.02. The van der Waals surface area contributed by atoms with Gasteiger partial charge in [0.2, 0.25) is 5.09 Å². The number of carbonyl (C=O) groups excluding carboxylic acids is 1. The second-order valence-electron chi connectivity index (χ2n) is 7.54. The van der Waals surface area contributed by atoms with Gasteiger partial charge in [0.1, 0.15) is 12.4 Å². The monoisotopic (exact) mass is 474 g/mol. The smallest absolute Gasteiger partial charge is 0.339 e. The number of sulfonamides is 1. The Morgan fingerprint density at radius 1 is 1.28 bits per heavy atom. The van der Waals surface area contributed by atoms with Crippen molar-refractivity contribution in [3.8, 4) is 10.6 Å². The maximum Gasteiger partial charge on any atom is 0.339 e. The highest BCUT2D eigenvalue weighted by Gasteiger charge is 2.23. The molecule has 4 aromatic rings. The van der Waals surface area contributed by atoms with Gasteiger partial charge < -0.3 is 9.15 Å². The third-order valence-corrected chi connectivity index (χ3v) is 7.35. The first kappa shape index (κ1) is 22.2. The maximum absolute atomic E-state index is 13.0. The van der Waals surface area contributed by atoms with Crippen molar-refractivity contribution in [1.82, 2.24) is 19.1 Å². The van der Waals surface area contributed by atoms with E-state index in [2.05, 4.69) is 5.10 Å². The third kappa shape index (κ3) is 4.06. The fraction of sp³-hybridized carbons (Fsp3) is 0.286. The number of hydrogen-bond acceptors (Lipinski definition) is 8.